The molecule has 0 radical (unpaired) electrons. The first-order valence-corrected chi connectivity index (χ1v) is 39.3. The van der Waals surface area contributed by atoms with E-state index in [1.54, 1.807) is 35.1 Å². The Bertz CT molecular complexity index is 6040. The number of para-hydroxylation sites is 2. The minimum absolute atomic E-state index is 0. The van der Waals surface area contributed by atoms with Crippen LogP contribution < -0.4 is 0 Å². The van der Waals surface area contributed by atoms with E-state index in [1.165, 1.54) is 10.8 Å². The number of nitrogens with zero attached hydrogens (tertiary/aromatic N) is 6. The van der Waals surface area contributed by atoms with E-state index in [0.717, 1.165) is 153 Å². The Morgan fingerprint density at radius 1 is 0.363 bits per heavy atom. The number of aromatic nitrogens is 2. The Hall–Kier alpha value is -12.0. The maximum absolute atomic E-state index is 11.5. The van der Waals surface area contributed by atoms with E-state index in [9.17, 15) is 10.2 Å². The summed E-state index contributed by atoms with van der Waals surface area (Å²) in [6.45, 7) is 40.5. The first-order chi connectivity index (χ1) is 53.7. The molecule has 0 spiro atoms. The summed E-state index contributed by atoms with van der Waals surface area (Å²) >= 11 is 3.32. The van der Waals surface area contributed by atoms with E-state index in [1.807, 2.05) is 91.0 Å². The second-order valence-electron chi connectivity index (χ2n) is 32.7. The zero-order valence-electron chi connectivity index (χ0n) is 65.3. The normalized spacial score (nSPS) is 12.0. The van der Waals surface area contributed by atoms with Gasteiger partial charge in [-0.25, -0.2) is 19.7 Å². The van der Waals surface area contributed by atoms with Crippen molar-refractivity contribution in [2.24, 2.45) is 9.98 Å². The van der Waals surface area contributed by atoms with Gasteiger partial charge >= 0.3 is 0 Å². The Balaban J connectivity index is 0.000000186. The van der Waals surface area contributed by atoms with Gasteiger partial charge in [-0.2, -0.15) is 0 Å². The van der Waals surface area contributed by atoms with Crippen molar-refractivity contribution in [1.29, 1.82) is 0 Å². The van der Waals surface area contributed by atoms with Crippen LogP contribution >= 0.6 is 22.7 Å². The molecule has 2 heterocycles. The van der Waals surface area contributed by atoms with Gasteiger partial charge in [-0.15, -0.1) is 57.2 Å². The Labute approximate surface area is 685 Å². The molecule has 14 aromatic carbocycles. The van der Waals surface area contributed by atoms with E-state index < -0.39 is 0 Å². The van der Waals surface area contributed by atoms with Gasteiger partial charge in [0.1, 0.15) is 21.5 Å². The fraction of sp³-hybridized carbons (Fsp3) is 0.157. The summed E-state index contributed by atoms with van der Waals surface area (Å²) in [6.07, 6.45) is 3.59. The van der Waals surface area contributed by atoms with Crippen molar-refractivity contribution in [2.45, 2.75) is 105 Å². The summed E-state index contributed by atoms with van der Waals surface area (Å²) in [5.41, 5.74) is 24.5. The van der Waals surface area contributed by atoms with Crippen LogP contribution in [0.15, 0.2) is 283 Å². The zero-order chi connectivity index (χ0) is 78.4. The topological polar surface area (TPSA) is 99.7 Å². The van der Waals surface area contributed by atoms with Crippen LogP contribution in [0.3, 0.4) is 0 Å². The number of benzene rings is 14. The van der Waals surface area contributed by atoms with Gasteiger partial charge in [0, 0.05) is 82.7 Å². The average Bonchev–Trinajstić information content (AvgIpc) is 1.57. The Morgan fingerprint density at radius 2 is 0.726 bits per heavy atom. The molecule has 2 N–H and O–H groups in total. The van der Waals surface area contributed by atoms with Crippen LogP contribution in [-0.2, 0) is 42.7 Å². The molecular formula is C102H85N6O2PtS2-. The molecule has 2 aromatic heterocycles. The predicted octanol–water partition coefficient (Wildman–Crippen LogP) is 29.2. The molecule has 113 heavy (non-hydrogen) atoms. The van der Waals surface area contributed by atoms with Gasteiger partial charge in [-0.3, -0.25) is 9.98 Å². The van der Waals surface area contributed by atoms with Gasteiger partial charge in [-0.05, 0) is 148 Å². The zero-order valence-corrected chi connectivity index (χ0v) is 69.3. The van der Waals surface area contributed by atoms with E-state index in [2.05, 4.69) is 281 Å². The van der Waals surface area contributed by atoms with Gasteiger partial charge in [0.05, 0.1) is 34.7 Å². The number of rotatable bonds is 12. The summed E-state index contributed by atoms with van der Waals surface area (Å²) in [4.78, 5) is 27.8. The Morgan fingerprint density at radius 3 is 1.16 bits per heavy atom. The third kappa shape index (κ3) is 16.4. The fourth-order valence-corrected chi connectivity index (χ4v) is 16.5. The molecule has 16 rings (SSSR count). The van der Waals surface area contributed by atoms with E-state index in [4.69, 9.17) is 33.1 Å². The van der Waals surface area contributed by atoms with Crippen LogP contribution in [-0.4, -0.2) is 32.6 Å². The monoisotopic (exact) mass is 1680 g/mol. The number of phenolic OH excluding ortho intramolecular Hbond substituents is 2. The summed E-state index contributed by atoms with van der Waals surface area (Å²) < 4.78 is 2.15. The van der Waals surface area contributed by atoms with Gasteiger partial charge < -0.3 is 10.2 Å². The largest absolute Gasteiger partial charge is 0.507 e. The number of hydrogen-bond donors (Lipinski definition) is 2. The van der Waals surface area contributed by atoms with Crippen LogP contribution in [0, 0.1) is 19.2 Å². The van der Waals surface area contributed by atoms with Crippen molar-refractivity contribution in [3.63, 3.8) is 0 Å². The van der Waals surface area contributed by atoms with Crippen LogP contribution in [0.1, 0.15) is 116 Å². The van der Waals surface area contributed by atoms with Crippen LogP contribution in [0.25, 0.3) is 140 Å². The van der Waals surface area contributed by atoms with Crippen LogP contribution in [0.2, 0.25) is 0 Å². The average molecular weight is 1690 g/mol. The molecule has 8 nitrogen and oxygen atoms in total. The molecule has 0 aliphatic heterocycles. The van der Waals surface area contributed by atoms with E-state index in [-0.39, 0.29) is 54.2 Å². The molecule has 16 aromatic rings. The number of hydrogen-bond acceptors (Lipinski definition) is 8. The van der Waals surface area contributed by atoms with E-state index >= 15 is 0 Å². The van der Waals surface area contributed by atoms with Gasteiger partial charge in [0.2, 0.25) is 0 Å². The first kappa shape index (κ1) is 77.7. The number of fused-ring (bicyclic) bond motifs is 4. The third-order valence-corrected chi connectivity index (χ3v) is 22.8. The van der Waals surface area contributed by atoms with E-state index in [0.29, 0.717) is 22.5 Å². The fourth-order valence-electron chi connectivity index (χ4n) is 14.4. The summed E-state index contributed by atoms with van der Waals surface area (Å²) in [6, 6.07) is 97.4. The number of aliphatic imine (C=N–C) groups is 2. The van der Waals surface area contributed by atoms with Crippen LogP contribution in [0.4, 0.5) is 22.7 Å². The van der Waals surface area contributed by atoms with Gasteiger partial charge in [0.25, 0.3) is 0 Å². The molecule has 0 saturated carbocycles. The molecule has 0 amide bonds. The van der Waals surface area contributed by atoms with Crippen molar-refractivity contribution in [2.75, 3.05) is 0 Å². The standard InChI is InChI=1S/C51H43N3OS.C51H42N3OS.Pt/c2*1-50(2,3)38-27-37(48(55)44(30-38)51(4,5)6)31-53-45-18-11-10-16-42(45)49-54-47-43(41-17-12-14-35-13-8-9-15-40(35)41)28-36(29-46(47)56-49)34-21-19-32(20-22-34)33-23-25-39(52-7)26-24-33;/h8-31,55H,1-6H3;8-16,18-31,55H,1-6H3;/q;-1;. The van der Waals surface area contributed by atoms with Crippen LogP contribution in [0.5, 0.6) is 11.5 Å². The molecule has 0 aliphatic carbocycles. The molecule has 0 fully saturated rings. The maximum atomic E-state index is 11.5. The van der Waals surface area contributed by atoms with Crippen molar-refractivity contribution < 1.29 is 31.3 Å². The molecular weight excluding hydrogens is 1600 g/mol. The van der Waals surface area contributed by atoms with Crippen molar-refractivity contribution >= 4 is 99.8 Å². The smallest absolute Gasteiger partial charge is 0.187 e. The second kappa shape index (κ2) is 31.6. The van der Waals surface area contributed by atoms with Crippen molar-refractivity contribution in [3.05, 3.63) is 335 Å². The molecule has 0 unspecified atom stereocenters. The summed E-state index contributed by atoms with van der Waals surface area (Å²) in [7, 11) is 0. The minimum Gasteiger partial charge on any atom is -0.507 e. The summed E-state index contributed by atoms with van der Waals surface area (Å²) in [5.74, 6) is 0.534. The molecule has 0 atom stereocenters. The molecule has 0 aliphatic rings. The second-order valence-corrected chi connectivity index (χ2v) is 34.8. The maximum Gasteiger partial charge on any atom is 0.187 e. The third-order valence-electron chi connectivity index (χ3n) is 20.7. The van der Waals surface area contributed by atoms with Crippen molar-refractivity contribution in [1.82, 2.24) is 9.97 Å². The molecule has 558 valence electrons. The molecule has 0 saturated heterocycles. The van der Waals surface area contributed by atoms with Crippen molar-refractivity contribution in [3.8, 4) is 99.4 Å². The predicted molar refractivity (Wildman–Crippen MR) is 475 cm³/mol. The SMILES string of the molecule is [C-]#[N+]c1ccc(-c2ccc(-c3cc(-c4[c-]ccc5ccccc45)c4nc(-c5ccccc5N=Cc5cc(C(C)(C)C)cc(C(C)(C)C)c5O)sc4c3)cc2)cc1.[C-]#[N+]c1ccc(-c2ccc(-c3cc(-c4cccc5ccccc45)c4nc(-c5ccccc5N=Cc5cc(C(C)(C)C)cc(C(C)(C)C)c5O)sc4c3)cc2)cc1.[Pt]. The first-order valence-electron chi connectivity index (χ1n) is 37.7. The quantitative estimate of drug-likeness (QED) is 0.0940. The van der Waals surface area contributed by atoms with Gasteiger partial charge in [0.15, 0.2) is 11.4 Å². The van der Waals surface area contributed by atoms with Gasteiger partial charge in [-0.1, -0.05) is 295 Å². The number of phenols is 2. The molecule has 0 bridgehead atoms. The number of thiazole rings is 2. The summed E-state index contributed by atoms with van der Waals surface area (Å²) in [5, 5.41) is 29.4. The molecule has 11 heteroatoms. The number of aromatic hydroxyl groups is 2. The minimum atomic E-state index is -0.237. The Kier molecular flexibility index (Phi) is 21.8.